The van der Waals surface area contributed by atoms with Gasteiger partial charge in [0.25, 0.3) is 11.8 Å². The first-order valence-corrected chi connectivity index (χ1v) is 10.6. The quantitative estimate of drug-likeness (QED) is 0.542. The molecule has 0 aliphatic rings. The van der Waals surface area contributed by atoms with E-state index in [4.69, 9.17) is 9.47 Å². The van der Waals surface area contributed by atoms with Crippen molar-refractivity contribution < 1.29 is 19.1 Å². The molecule has 2 N–H and O–H groups in total. The van der Waals surface area contributed by atoms with E-state index in [1.54, 1.807) is 23.6 Å². The molecule has 2 aromatic carbocycles. The summed E-state index contributed by atoms with van der Waals surface area (Å²) in [6.07, 6.45) is 1.94. The van der Waals surface area contributed by atoms with Crippen molar-refractivity contribution in [2.75, 3.05) is 31.1 Å². The smallest absolute Gasteiger partial charge is 0.275 e. The molecule has 1 heterocycles. The maximum atomic E-state index is 12.5. The highest BCUT2D eigenvalue weighted by atomic mass is 32.2. The summed E-state index contributed by atoms with van der Waals surface area (Å²) in [5.74, 6) is 0.282. The van der Waals surface area contributed by atoms with Crippen LogP contribution >= 0.6 is 23.1 Å². The van der Waals surface area contributed by atoms with Gasteiger partial charge >= 0.3 is 0 Å². The molecule has 1 aromatic heterocycles. The van der Waals surface area contributed by atoms with Crippen molar-refractivity contribution in [3.8, 4) is 11.5 Å². The van der Waals surface area contributed by atoms with Gasteiger partial charge in [0, 0.05) is 21.9 Å². The molecular weight excluding hydrogens is 410 g/mol. The maximum absolute atomic E-state index is 12.5. The molecule has 0 atom stereocenters. The number of aromatic nitrogens is 1. The van der Waals surface area contributed by atoms with E-state index >= 15 is 0 Å². The van der Waals surface area contributed by atoms with E-state index in [1.807, 2.05) is 30.5 Å². The molecule has 9 heteroatoms. The van der Waals surface area contributed by atoms with Gasteiger partial charge in [0.15, 0.2) is 5.13 Å². The zero-order valence-corrected chi connectivity index (χ0v) is 17.6. The van der Waals surface area contributed by atoms with Crippen molar-refractivity contribution in [3.05, 3.63) is 59.1 Å². The highest BCUT2D eigenvalue weighted by molar-refractivity contribution is 7.98. The SMILES string of the molecule is COc1cc(OC)cc(C(=O)Nc2nc(C(=O)Nc3ccccc3SC)cs2)c1. The summed E-state index contributed by atoms with van der Waals surface area (Å²) in [7, 11) is 3.02. The summed E-state index contributed by atoms with van der Waals surface area (Å²) < 4.78 is 10.4. The van der Waals surface area contributed by atoms with E-state index in [0.717, 1.165) is 4.90 Å². The predicted octanol–water partition coefficient (Wildman–Crippen LogP) is 4.39. The molecule has 0 aliphatic heterocycles. The lowest BCUT2D eigenvalue weighted by molar-refractivity contribution is 0.101. The Morgan fingerprint density at radius 2 is 1.69 bits per heavy atom. The zero-order valence-electron chi connectivity index (χ0n) is 16.0. The van der Waals surface area contributed by atoms with Crippen LogP contribution in [0.5, 0.6) is 11.5 Å². The number of nitrogens with zero attached hydrogens (tertiary/aromatic N) is 1. The highest BCUT2D eigenvalue weighted by Gasteiger charge is 2.16. The summed E-state index contributed by atoms with van der Waals surface area (Å²) in [5, 5.41) is 7.46. The fraction of sp³-hybridized carbons (Fsp3) is 0.150. The third kappa shape index (κ3) is 5.07. The van der Waals surface area contributed by atoms with Gasteiger partial charge in [0.1, 0.15) is 17.2 Å². The van der Waals surface area contributed by atoms with Crippen molar-refractivity contribution in [3.63, 3.8) is 0 Å². The van der Waals surface area contributed by atoms with Gasteiger partial charge in [-0.1, -0.05) is 12.1 Å². The van der Waals surface area contributed by atoms with E-state index in [-0.39, 0.29) is 17.5 Å². The van der Waals surface area contributed by atoms with Gasteiger partial charge in [-0.25, -0.2) is 4.98 Å². The van der Waals surface area contributed by atoms with Crippen molar-refractivity contribution in [1.82, 2.24) is 4.98 Å². The van der Waals surface area contributed by atoms with E-state index in [9.17, 15) is 9.59 Å². The maximum Gasteiger partial charge on any atom is 0.275 e. The van der Waals surface area contributed by atoms with Crippen LogP contribution in [-0.4, -0.2) is 37.3 Å². The number of methoxy groups -OCH3 is 2. The number of thiazole rings is 1. The van der Waals surface area contributed by atoms with Crippen LogP contribution in [0.15, 0.2) is 52.7 Å². The molecule has 0 unspecified atom stereocenters. The number of carbonyl (C=O) groups excluding carboxylic acids is 2. The Kier molecular flexibility index (Phi) is 6.73. The second-order valence-electron chi connectivity index (χ2n) is 5.75. The van der Waals surface area contributed by atoms with Gasteiger partial charge in [-0.3, -0.25) is 14.9 Å². The molecular formula is C20H19N3O4S2. The summed E-state index contributed by atoms with van der Waals surface area (Å²) in [5.41, 5.74) is 1.30. The lowest BCUT2D eigenvalue weighted by atomic mass is 10.2. The molecule has 29 heavy (non-hydrogen) atoms. The fourth-order valence-corrected chi connectivity index (χ4v) is 3.72. The first kappa shape index (κ1) is 20.7. The van der Waals surface area contributed by atoms with Crippen LogP contribution in [0, 0.1) is 0 Å². The van der Waals surface area contributed by atoms with Crippen LogP contribution in [0.4, 0.5) is 10.8 Å². The normalized spacial score (nSPS) is 10.3. The van der Waals surface area contributed by atoms with Crippen molar-refractivity contribution >= 4 is 45.7 Å². The highest BCUT2D eigenvalue weighted by Crippen LogP contribution is 2.26. The fourth-order valence-electron chi connectivity index (χ4n) is 2.48. The Bertz CT molecular complexity index is 1010. The molecule has 0 saturated carbocycles. The molecule has 3 rings (SSSR count). The summed E-state index contributed by atoms with van der Waals surface area (Å²) in [6, 6.07) is 12.4. The van der Waals surface area contributed by atoms with E-state index < -0.39 is 0 Å². The largest absolute Gasteiger partial charge is 0.497 e. The van der Waals surface area contributed by atoms with Crippen molar-refractivity contribution in [2.24, 2.45) is 0 Å². The minimum Gasteiger partial charge on any atom is -0.497 e. The van der Waals surface area contributed by atoms with E-state index in [0.29, 0.717) is 27.9 Å². The predicted molar refractivity (Wildman–Crippen MR) is 116 cm³/mol. The third-order valence-corrected chi connectivity index (χ3v) is 5.48. The molecule has 0 radical (unpaired) electrons. The number of nitrogens with one attached hydrogen (secondary N) is 2. The Hall–Kier alpha value is -3.04. The molecule has 0 bridgehead atoms. The minimum atomic E-state index is -0.378. The number of carbonyl (C=O) groups is 2. The number of anilines is 2. The molecule has 150 valence electrons. The van der Waals surface area contributed by atoms with Gasteiger partial charge in [-0.05, 0) is 30.5 Å². The lowest BCUT2D eigenvalue weighted by Crippen LogP contribution is -2.14. The van der Waals surface area contributed by atoms with Gasteiger partial charge in [0.05, 0.1) is 19.9 Å². The molecule has 0 saturated heterocycles. The molecule has 0 spiro atoms. The van der Waals surface area contributed by atoms with Crippen LogP contribution in [0.25, 0.3) is 0 Å². The summed E-state index contributed by atoms with van der Waals surface area (Å²) in [4.78, 5) is 30.2. The molecule has 2 amide bonds. The number of hydrogen-bond acceptors (Lipinski definition) is 7. The van der Waals surface area contributed by atoms with E-state index in [2.05, 4.69) is 15.6 Å². The van der Waals surface area contributed by atoms with Crippen LogP contribution in [-0.2, 0) is 0 Å². The number of rotatable bonds is 7. The second-order valence-corrected chi connectivity index (χ2v) is 7.45. The number of thioether (sulfide) groups is 1. The molecule has 3 aromatic rings. The van der Waals surface area contributed by atoms with Gasteiger partial charge < -0.3 is 14.8 Å². The molecule has 0 fully saturated rings. The van der Waals surface area contributed by atoms with E-state index in [1.165, 1.54) is 37.3 Å². The Labute approximate surface area is 176 Å². The first-order chi connectivity index (χ1) is 14.0. The van der Waals surface area contributed by atoms with Crippen molar-refractivity contribution in [1.29, 1.82) is 0 Å². The number of ether oxygens (including phenoxy) is 2. The van der Waals surface area contributed by atoms with Crippen LogP contribution < -0.4 is 20.1 Å². The molecule has 0 aliphatic carbocycles. The minimum absolute atomic E-state index is 0.226. The molecule has 7 nitrogen and oxygen atoms in total. The lowest BCUT2D eigenvalue weighted by Gasteiger charge is -2.08. The first-order valence-electron chi connectivity index (χ1n) is 8.48. The number of amides is 2. The van der Waals surface area contributed by atoms with Gasteiger partial charge in [-0.2, -0.15) is 0 Å². The standard InChI is InChI=1S/C20H19N3O4S2/c1-26-13-8-12(9-14(10-13)27-2)18(24)23-20-22-16(11-29-20)19(25)21-15-6-4-5-7-17(15)28-3/h4-11H,1-3H3,(H,21,25)(H,22,23,24). The van der Waals surface area contributed by atoms with Gasteiger partial charge in [0.2, 0.25) is 0 Å². The second kappa shape index (κ2) is 9.44. The summed E-state index contributed by atoms with van der Waals surface area (Å²) in [6.45, 7) is 0. The Balaban J connectivity index is 1.71. The zero-order chi connectivity index (χ0) is 20.8. The van der Waals surface area contributed by atoms with Crippen LogP contribution in [0.2, 0.25) is 0 Å². The van der Waals surface area contributed by atoms with Crippen molar-refractivity contribution in [2.45, 2.75) is 4.90 Å². The topological polar surface area (TPSA) is 89.6 Å². The third-order valence-electron chi connectivity index (χ3n) is 3.93. The van der Waals surface area contributed by atoms with Crippen LogP contribution in [0.3, 0.4) is 0 Å². The Morgan fingerprint density at radius 1 is 1.00 bits per heavy atom. The number of benzene rings is 2. The summed E-state index contributed by atoms with van der Waals surface area (Å²) >= 11 is 2.71. The monoisotopic (exact) mass is 429 g/mol. The number of para-hydroxylation sites is 1. The average Bonchev–Trinajstić information content (AvgIpc) is 3.22. The Morgan fingerprint density at radius 3 is 2.34 bits per heavy atom. The van der Waals surface area contributed by atoms with Gasteiger partial charge in [-0.15, -0.1) is 23.1 Å². The van der Waals surface area contributed by atoms with Crippen LogP contribution in [0.1, 0.15) is 20.8 Å². The number of hydrogen-bond donors (Lipinski definition) is 2. The average molecular weight is 430 g/mol.